The van der Waals surface area contributed by atoms with Crippen molar-refractivity contribution in [3.8, 4) is 39.1 Å². The minimum absolute atomic E-state index is 0.923. The number of benzene rings is 8. The monoisotopic (exact) mass is 611 g/mol. The molecule has 10 aromatic rings. The molecule has 0 aliphatic heterocycles. The van der Waals surface area contributed by atoms with E-state index in [4.69, 9.17) is 4.42 Å². The van der Waals surface area contributed by atoms with Crippen LogP contribution in [-0.4, -0.2) is 4.57 Å². The Bertz CT molecular complexity index is 2760. The summed E-state index contributed by atoms with van der Waals surface area (Å²) < 4.78 is 8.40. The van der Waals surface area contributed by atoms with Crippen LogP contribution in [0.3, 0.4) is 0 Å². The van der Waals surface area contributed by atoms with Crippen molar-refractivity contribution in [1.82, 2.24) is 4.57 Å². The first-order chi connectivity index (χ1) is 23.8. The summed E-state index contributed by atoms with van der Waals surface area (Å²) in [5.74, 6) is 0. The molecule has 0 unspecified atom stereocenters. The Balaban J connectivity index is 0.931. The third-order valence-corrected chi connectivity index (χ3v) is 9.81. The van der Waals surface area contributed by atoms with Crippen LogP contribution < -0.4 is 0 Å². The largest absolute Gasteiger partial charge is 0.456 e. The zero-order valence-electron chi connectivity index (χ0n) is 26.1. The molecule has 0 saturated carbocycles. The maximum Gasteiger partial charge on any atom is 0.135 e. The van der Waals surface area contributed by atoms with Crippen LogP contribution in [0.2, 0.25) is 0 Å². The standard InChI is InChI=1S/C46H29NO/c1-4-10-43-39(7-1)40-8-2-5-11-44(40)47(43)38-25-23-35-27-34(21-22-36(35)28-38)32-17-13-30(14-18-32)31-15-19-33(20-16-31)37-24-26-46-42(29-37)41-9-3-6-12-45(41)48-46/h1-29H. The molecule has 2 aromatic heterocycles. The highest BCUT2D eigenvalue weighted by Gasteiger charge is 2.12. The van der Waals surface area contributed by atoms with Crippen molar-refractivity contribution in [2.75, 3.05) is 0 Å². The van der Waals surface area contributed by atoms with E-state index in [1.807, 2.05) is 12.1 Å². The lowest BCUT2D eigenvalue weighted by atomic mass is 9.96. The third kappa shape index (κ3) is 4.27. The Morgan fingerprint density at radius 3 is 1.44 bits per heavy atom. The molecular formula is C46H29NO. The molecule has 2 heteroatoms. The molecule has 0 aliphatic carbocycles. The highest BCUT2D eigenvalue weighted by atomic mass is 16.3. The predicted molar refractivity (Wildman–Crippen MR) is 202 cm³/mol. The average molecular weight is 612 g/mol. The van der Waals surface area contributed by atoms with Crippen LogP contribution in [0.1, 0.15) is 0 Å². The first kappa shape index (κ1) is 26.8. The van der Waals surface area contributed by atoms with Crippen LogP contribution in [0.5, 0.6) is 0 Å². The van der Waals surface area contributed by atoms with E-state index in [9.17, 15) is 0 Å². The van der Waals surface area contributed by atoms with E-state index in [0.717, 1.165) is 21.9 Å². The van der Waals surface area contributed by atoms with Gasteiger partial charge in [0.2, 0.25) is 0 Å². The van der Waals surface area contributed by atoms with Gasteiger partial charge in [0.25, 0.3) is 0 Å². The number of nitrogens with zero attached hydrogens (tertiary/aromatic N) is 1. The molecule has 2 nitrogen and oxygen atoms in total. The Hall–Kier alpha value is -6.38. The molecule has 2 heterocycles. The van der Waals surface area contributed by atoms with Gasteiger partial charge in [-0.1, -0.05) is 127 Å². The average Bonchev–Trinajstić information content (AvgIpc) is 3.70. The molecule has 224 valence electrons. The lowest BCUT2D eigenvalue weighted by molar-refractivity contribution is 0.669. The van der Waals surface area contributed by atoms with Crippen molar-refractivity contribution in [3.05, 3.63) is 176 Å². The van der Waals surface area contributed by atoms with Gasteiger partial charge in [-0.25, -0.2) is 0 Å². The van der Waals surface area contributed by atoms with E-state index in [-0.39, 0.29) is 0 Å². The van der Waals surface area contributed by atoms with Crippen molar-refractivity contribution < 1.29 is 4.42 Å². The number of furan rings is 1. The minimum atomic E-state index is 0.923. The highest BCUT2D eigenvalue weighted by molar-refractivity contribution is 6.09. The van der Waals surface area contributed by atoms with Crippen LogP contribution in [-0.2, 0) is 0 Å². The van der Waals surface area contributed by atoms with E-state index in [1.165, 1.54) is 71.6 Å². The number of para-hydroxylation sites is 3. The van der Waals surface area contributed by atoms with Crippen molar-refractivity contribution in [3.63, 3.8) is 0 Å². The smallest absolute Gasteiger partial charge is 0.135 e. The molecule has 0 aliphatic rings. The summed E-state index contributed by atoms with van der Waals surface area (Å²) in [6, 6.07) is 63.4. The van der Waals surface area contributed by atoms with Crippen LogP contribution in [0, 0.1) is 0 Å². The van der Waals surface area contributed by atoms with Gasteiger partial charge in [0.1, 0.15) is 11.2 Å². The van der Waals surface area contributed by atoms with E-state index in [2.05, 4.69) is 168 Å². The number of aromatic nitrogens is 1. The maximum absolute atomic E-state index is 6.03. The van der Waals surface area contributed by atoms with Gasteiger partial charge in [0.15, 0.2) is 0 Å². The van der Waals surface area contributed by atoms with Crippen molar-refractivity contribution >= 4 is 54.5 Å². The van der Waals surface area contributed by atoms with Gasteiger partial charge >= 0.3 is 0 Å². The molecule has 0 N–H and O–H groups in total. The molecule has 0 bridgehead atoms. The van der Waals surface area contributed by atoms with Gasteiger partial charge in [-0.05, 0) is 92.7 Å². The number of fused-ring (bicyclic) bond motifs is 7. The summed E-state index contributed by atoms with van der Waals surface area (Å²) >= 11 is 0. The quantitative estimate of drug-likeness (QED) is 0.194. The highest BCUT2D eigenvalue weighted by Crippen LogP contribution is 2.35. The second-order valence-corrected chi connectivity index (χ2v) is 12.6. The fourth-order valence-corrected chi connectivity index (χ4v) is 7.37. The first-order valence-corrected chi connectivity index (χ1v) is 16.4. The molecule has 0 spiro atoms. The second-order valence-electron chi connectivity index (χ2n) is 12.6. The predicted octanol–water partition coefficient (Wildman–Crippen LogP) is 12.8. The number of rotatable bonds is 4. The van der Waals surface area contributed by atoms with Crippen molar-refractivity contribution in [2.45, 2.75) is 0 Å². The number of hydrogen-bond acceptors (Lipinski definition) is 1. The van der Waals surface area contributed by atoms with Crippen molar-refractivity contribution in [2.24, 2.45) is 0 Å². The molecule has 0 radical (unpaired) electrons. The van der Waals surface area contributed by atoms with E-state index in [0.29, 0.717) is 0 Å². The lowest BCUT2D eigenvalue weighted by Gasteiger charge is -2.11. The Labute approximate surface area is 277 Å². The molecule has 10 rings (SSSR count). The normalized spacial score (nSPS) is 11.8. The Morgan fingerprint density at radius 2 is 0.771 bits per heavy atom. The van der Waals surface area contributed by atoms with Gasteiger partial charge in [-0.3, -0.25) is 0 Å². The van der Waals surface area contributed by atoms with Gasteiger partial charge in [-0.15, -0.1) is 0 Å². The lowest BCUT2D eigenvalue weighted by Crippen LogP contribution is -1.93. The first-order valence-electron chi connectivity index (χ1n) is 16.4. The van der Waals surface area contributed by atoms with Crippen LogP contribution in [0.15, 0.2) is 180 Å². The maximum atomic E-state index is 6.03. The molecule has 0 atom stereocenters. The van der Waals surface area contributed by atoms with Crippen LogP contribution in [0.25, 0.3) is 93.6 Å². The Kier molecular flexibility index (Phi) is 5.91. The Morgan fingerprint density at radius 1 is 0.312 bits per heavy atom. The molecule has 48 heavy (non-hydrogen) atoms. The molecular weight excluding hydrogens is 583 g/mol. The summed E-state index contributed by atoms with van der Waals surface area (Å²) in [5.41, 5.74) is 12.7. The fraction of sp³-hybridized carbons (Fsp3) is 0. The van der Waals surface area contributed by atoms with Gasteiger partial charge < -0.3 is 8.98 Å². The minimum Gasteiger partial charge on any atom is -0.456 e. The summed E-state index contributed by atoms with van der Waals surface area (Å²) in [5, 5.41) is 7.34. The fourth-order valence-electron chi connectivity index (χ4n) is 7.37. The summed E-state index contributed by atoms with van der Waals surface area (Å²) in [4.78, 5) is 0. The third-order valence-electron chi connectivity index (χ3n) is 9.81. The number of hydrogen-bond donors (Lipinski definition) is 0. The molecule has 0 saturated heterocycles. The molecule has 8 aromatic carbocycles. The SMILES string of the molecule is c1ccc2c(c1)oc1ccc(-c3ccc(-c4ccc(-c5ccc6cc(-n7c8ccccc8c8ccccc87)ccc6c5)cc4)cc3)cc12. The summed E-state index contributed by atoms with van der Waals surface area (Å²) in [6.07, 6.45) is 0. The summed E-state index contributed by atoms with van der Waals surface area (Å²) in [7, 11) is 0. The van der Waals surface area contributed by atoms with E-state index >= 15 is 0 Å². The van der Waals surface area contributed by atoms with Crippen LogP contribution in [0.4, 0.5) is 0 Å². The topological polar surface area (TPSA) is 18.1 Å². The van der Waals surface area contributed by atoms with Gasteiger partial charge in [-0.2, -0.15) is 0 Å². The molecule has 0 amide bonds. The van der Waals surface area contributed by atoms with E-state index < -0.39 is 0 Å². The molecule has 0 fully saturated rings. The zero-order chi connectivity index (χ0) is 31.6. The van der Waals surface area contributed by atoms with Gasteiger partial charge in [0, 0.05) is 27.2 Å². The second kappa shape index (κ2) is 10.6. The van der Waals surface area contributed by atoms with E-state index in [1.54, 1.807) is 0 Å². The van der Waals surface area contributed by atoms with Gasteiger partial charge in [0.05, 0.1) is 11.0 Å². The van der Waals surface area contributed by atoms with Crippen LogP contribution >= 0.6 is 0 Å². The zero-order valence-corrected chi connectivity index (χ0v) is 26.1. The summed E-state index contributed by atoms with van der Waals surface area (Å²) in [6.45, 7) is 0. The van der Waals surface area contributed by atoms with Crippen molar-refractivity contribution in [1.29, 1.82) is 0 Å².